The largest absolute Gasteiger partial charge is 0.454 e. The fraction of sp³-hybridized carbons (Fsp3) is 0.348. The van der Waals surface area contributed by atoms with Crippen LogP contribution in [-0.2, 0) is 4.79 Å². The first-order chi connectivity index (χ1) is 15.5. The summed E-state index contributed by atoms with van der Waals surface area (Å²) in [7, 11) is 0. The summed E-state index contributed by atoms with van der Waals surface area (Å²) < 4.78 is 10.5. The van der Waals surface area contributed by atoms with Crippen LogP contribution >= 0.6 is 0 Å². The summed E-state index contributed by atoms with van der Waals surface area (Å²) >= 11 is 0. The Morgan fingerprint density at radius 1 is 0.969 bits per heavy atom. The van der Waals surface area contributed by atoms with E-state index in [-0.39, 0.29) is 18.5 Å². The molecule has 1 fully saturated rings. The predicted molar refractivity (Wildman–Crippen MR) is 116 cm³/mol. The topological polar surface area (TPSA) is 108 Å². The standard InChI is InChI=1S/C23H25N3O6/c1-15(28)16-2-5-18(6-3-16)25-8-10-26(11-9-25)23(30)19(13-27)24-22(29)17-4-7-20-21(12-17)32-14-31-20/h2-7,12,19,27H,8-11,13-14H2,1H3,(H,24,29)/t19-/m0/s1. The van der Waals surface area contributed by atoms with Crippen LogP contribution in [0.5, 0.6) is 11.5 Å². The lowest BCUT2D eigenvalue weighted by Crippen LogP contribution is -2.56. The summed E-state index contributed by atoms with van der Waals surface area (Å²) in [4.78, 5) is 40.7. The first-order valence-corrected chi connectivity index (χ1v) is 10.4. The van der Waals surface area contributed by atoms with Crippen LogP contribution < -0.4 is 19.7 Å². The van der Waals surface area contributed by atoms with E-state index in [0.717, 1.165) is 5.69 Å². The number of carbonyl (C=O) groups is 3. The number of aliphatic hydroxyl groups excluding tert-OH is 1. The first-order valence-electron chi connectivity index (χ1n) is 10.4. The SMILES string of the molecule is CC(=O)c1ccc(N2CCN(C(=O)[C@H](CO)NC(=O)c3ccc4c(c3)OCO4)CC2)cc1. The third-order valence-corrected chi connectivity index (χ3v) is 5.65. The maximum Gasteiger partial charge on any atom is 0.252 e. The quantitative estimate of drug-likeness (QED) is 0.648. The predicted octanol–water partition coefficient (Wildman–Crippen LogP) is 1.06. The lowest BCUT2D eigenvalue weighted by Gasteiger charge is -2.37. The molecule has 0 saturated carbocycles. The van der Waals surface area contributed by atoms with Crippen molar-refractivity contribution in [3.63, 3.8) is 0 Å². The normalized spacial score (nSPS) is 15.9. The number of aliphatic hydroxyl groups is 1. The zero-order valence-electron chi connectivity index (χ0n) is 17.7. The number of rotatable bonds is 6. The second kappa shape index (κ2) is 9.27. The molecule has 0 aliphatic carbocycles. The van der Waals surface area contributed by atoms with E-state index < -0.39 is 18.6 Å². The maximum atomic E-state index is 12.9. The van der Waals surface area contributed by atoms with Crippen molar-refractivity contribution in [2.45, 2.75) is 13.0 Å². The van der Waals surface area contributed by atoms with Crippen molar-refractivity contribution >= 4 is 23.3 Å². The fourth-order valence-corrected chi connectivity index (χ4v) is 3.78. The van der Waals surface area contributed by atoms with Gasteiger partial charge in [-0.25, -0.2) is 0 Å². The van der Waals surface area contributed by atoms with E-state index >= 15 is 0 Å². The molecule has 9 heteroatoms. The summed E-state index contributed by atoms with van der Waals surface area (Å²) in [6.07, 6.45) is 0. The van der Waals surface area contributed by atoms with Crippen LogP contribution in [0.3, 0.4) is 0 Å². The van der Waals surface area contributed by atoms with Crippen molar-refractivity contribution in [1.29, 1.82) is 0 Å². The van der Waals surface area contributed by atoms with Crippen LogP contribution in [0.25, 0.3) is 0 Å². The number of ether oxygens (including phenoxy) is 2. The van der Waals surface area contributed by atoms with Gasteiger partial charge in [0, 0.05) is 43.0 Å². The molecule has 2 heterocycles. The molecular weight excluding hydrogens is 414 g/mol. The number of carbonyl (C=O) groups excluding carboxylic acids is 3. The van der Waals surface area contributed by atoms with Gasteiger partial charge in [-0.3, -0.25) is 14.4 Å². The highest BCUT2D eigenvalue weighted by atomic mass is 16.7. The molecule has 9 nitrogen and oxygen atoms in total. The van der Waals surface area contributed by atoms with E-state index in [4.69, 9.17) is 9.47 Å². The molecule has 32 heavy (non-hydrogen) atoms. The van der Waals surface area contributed by atoms with Crippen LogP contribution in [0, 0.1) is 0 Å². The molecule has 0 spiro atoms. The molecule has 0 aromatic heterocycles. The number of anilines is 1. The molecule has 0 radical (unpaired) electrons. The van der Waals surface area contributed by atoms with Crippen molar-refractivity contribution in [1.82, 2.24) is 10.2 Å². The third-order valence-electron chi connectivity index (χ3n) is 5.65. The van der Waals surface area contributed by atoms with Crippen molar-refractivity contribution < 1.29 is 29.0 Å². The Balaban J connectivity index is 1.34. The molecule has 2 aliphatic rings. The first kappa shape index (κ1) is 21.6. The Morgan fingerprint density at radius 3 is 2.28 bits per heavy atom. The molecule has 1 atom stereocenters. The van der Waals surface area contributed by atoms with E-state index in [0.29, 0.717) is 48.8 Å². The number of benzene rings is 2. The third kappa shape index (κ3) is 4.52. The van der Waals surface area contributed by atoms with Gasteiger partial charge in [0.15, 0.2) is 17.3 Å². The molecule has 0 bridgehead atoms. The minimum Gasteiger partial charge on any atom is -0.454 e. The van der Waals surface area contributed by atoms with Crippen LogP contribution in [0.1, 0.15) is 27.6 Å². The Kier molecular flexibility index (Phi) is 6.27. The molecule has 0 unspecified atom stereocenters. The number of nitrogens with one attached hydrogen (secondary N) is 1. The second-order valence-corrected chi connectivity index (χ2v) is 7.69. The number of Topliss-reactive ketones (excluding diaryl/α,β-unsaturated/α-hetero) is 1. The minimum atomic E-state index is -1.03. The zero-order chi connectivity index (χ0) is 22.7. The van der Waals surface area contributed by atoms with Crippen molar-refractivity contribution in [3.05, 3.63) is 53.6 Å². The number of hydrogen-bond donors (Lipinski definition) is 2. The lowest BCUT2D eigenvalue weighted by atomic mass is 10.1. The fourth-order valence-electron chi connectivity index (χ4n) is 3.78. The van der Waals surface area contributed by atoms with Gasteiger partial charge in [0.1, 0.15) is 6.04 Å². The number of hydrogen-bond acceptors (Lipinski definition) is 7. The molecule has 168 valence electrons. The Bertz CT molecular complexity index is 1010. The van der Waals surface area contributed by atoms with Gasteiger partial charge in [-0.15, -0.1) is 0 Å². The Morgan fingerprint density at radius 2 is 1.62 bits per heavy atom. The van der Waals surface area contributed by atoms with Crippen molar-refractivity contribution in [2.75, 3.05) is 44.5 Å². The second-order valence-electron chi connectivity index (χ2n) is 7.69. The average molecular weight is 439 g/mol. The van der Waals surface area contributed by atoms with Crippen LogP contribution in [-0.4, -0.2) is 73.2 Å². The van der Waals surface area contributed by atoms with Crippen molar-refractivity contribution in [2.24, 2.45) is 0 Å². The van der Waals surface area contributed by atoms with E-state index in [2.05, 4.69) is 10.2 Å². The van der Waals surface area contributed by atoms with Gasteiger partial charge in [0.25, 0.3) is 5.91 Å². The van der Waals surface area contributed by atoms with E-state index in [1.807, 2.05) is 12.1 Å². The number of amides is 2. The molecule has 2 aromatic rings. The molecular formula is C23H25N3O6. The highest BCUT2D eigenvalue weighted by Gasteiger charge is 2.29. The monoisotopic (exact) mass is 439 g/mol. The van der Waals surface area contributed by atoms with Gasteiger partial charge in [0.2, 0.25) is 12.7 Å². The lowest BCUT2D eigenvalue weighted by molar-refractivity contribution is -0.134. The van der Waals surface area contributed by atoms with E-state index in [1.54, 1.807) is 35.2 Å². The van der Waals surface area contributed by atoms with Crippen molar-refractivity contribution in [3.8, 4) is 11.5 Å². The average Bonchev–Trinajstić information content (AvgIpc) is 3.30. The summed E-state index contributed by atoms with van der Waals surface area (Å²) in [6.45, 7) is 3.28. The van der Waals surface area contributed by atoms with E-state index in [1.165, 1.54) is 6.92 Å². The van der Waals surface area contributed by atoms with Gasteiger partial charge in [0.05, 0.1) is 6.61 Å². The van der Waals surface area contributed by atoms with Gasteiger partial charge in [-0.2, -0.15) is 0 Å². The summed E-state index contributed by atoms with van der Waals surface area (Å²) in [5.41, 5.74) is 1.96. The number of nitrogens with zero attached hydrogens (tertiary/aromatic N) is 2. The van der Waals surface area contributed by atoms with Gasteiger partial charge < -0.3 is 29.7 Å². The molecule has 4 rings (SSSR count). The summed E-state index contributed by atoms with van der Waals surface area (Å²) in [5, 5.41) is 12.3. The number of fused-ring (bicyclic) bond motifs is 1. The molecule has 1 saturated heterocycles. The number of ketones is 1. The van der Waals surface area contributed by atoms with Crippen LogP contribution in [0.2, 0.25) is 0 Å². The smallest absolute Gasteiger partial charge is 0.252 e. The van der Waals surface area contributed by atoms with Gasteiger partial charge in [-0.05, 0) is 49.4 Å². The van der Waals surface area contributed by atoms with E-state index in [9.17, 15) is 19.5 Å². The Labute approximate surface area is 185 Å². The van der Waals surface area contributed by atoms with Crippen LogP contribution in [0.4, 0.5) is 5.69 Å². The summed E-state index contributed by atoms with van der Waals surface area (Å²) in [6, 6.07) is 11.1. The van der Waals surface area contributed by atoms with Gasteiger partial charge in [-0.1, -0.05) is 0 Å². The maximum absolute atomic E-state index is 12.9. The molecule has 2 aliphatic heterocycles. The zero-order valence-corrected chi connectivity index (χ0v) is 17.7. The Hall–Kier alpha value is -3.59. The van der Waals surface area contributed by atoms with Gasteiger partial charge >= 0.3 is 0 Å². The number of piperazine rings is 1. The molecule has 2 amide bonds. The highest BCUT2D eigenvalue weighted by Crippen LogP contribution is 2.32. The molecule has 2 N–H and O–H groups in total. The highest BCUT2D eigenvalue weighted by molar-refractivity contribution is 5.98. The minimum absolute atomic E-state index is 0.0183. The van der Waals surface area contributed by atoms with Crippen LogP contribution in [0.15, 0.2) is 42.5 Å². The summed E-state index contributed by atoms with van der Waals surface area (Å²) in [5.74, 6) is 0.250. The molecule has 2 aromatic carbocycles.